The van der Waals surface area contributed by atoms with Gasteiger partial charge in [-0.1, -0.05) is 0 Å². The molecule has 1 aliphatic heterocycles. The smallest absolute Gasteiger partial charge is 0.235 e. The van der Waals surface area contributed by atoms with Crippen molar-refractivity contribution >= 4 is 27.3 Å². The van der Waals surface area contributed by atoms with Gasteiger partial charge in [0.2, 0.25) is 15.9 Å². The van der Waals surface area contributed by atoms with Gasteiger partial charge in [0.1, 0.15) is 5.76 Å². The maximum atomic E-state index is 12.0. The van der Waals surface area contributed by atoms with E-state index in [1.54, 1.807) is 30.5 Å². The number of amides is 1. The van der Waals surface area contributed by atoms with Crippen molar-refractivity contribution in [2.24, 2.45) is 0 Å². The molecule has 0 saturated carbocycles. The van der Waals surface area contributed by atoms with Crippen molar-refractivity contribution in [1.82, 2.24) is 0 Å². The Morgan fingerprint density at radius 3 is 2.79 bits per heavy atom. The second kappa shape index (κ2) is 6.68. The van der Waals surface area contributed by atoms with E-state index in [4.69, 9.17) is 4.42 Å². The predicted molar refractivity (Wildman–Crippen MR) is 92.6 cm³/mol. The summed E-state index contributed by atoms with van der Waals surface area (Å²) in [4.78, 5) is 12.0. The minimum atomic E-state index is -3.20. The van der Waals surface area contributed by atoms with Crippen LogP contribution in [0.15, 0.2) is 41.0 Å². The maximum absolute atomic E-state index is 12.0. The van der Waals surface area contributed by atoms with Crippen molar-refractivity contribution < 1.29 is 17.6 Å². The summed E-state index contributed by atoms with van der Waals surface area (Å²) in [5.41, 5.74) is 2.17. The molecule has 3 rings (SSSR count). The number of sulfonamides is 1. The van der Waals surface area contributed by atoms with E-state index in [1.807, 2.05) is 13.0 Å². The number of rotatable bonds is 5. The molecule has 0 spiro atoms. The second-order valence-corrected chi connectivity index (χ2v) is 7.88. The van der Waals surface area contributed by atoms with Gasteiger partial charge in [0.15, 0.2) is 0 Å². The van der Waals surface area contributed by atoms with E-state index >= 15 is 0 Å². The molecule has 1 amide bonds. The summed E-state index contributed by atoms with van der Waals surface area (Å²) < 4.78 is 30.7. The molecule has 7 heteroatoms. The van der Waals surface area contributed by atoms with Crippen molar-refractivity contribution in [2.45, 2.75) is 26.2 Å². The minimum absolute atomic E-state index is 0.104. The third kappa shape index (κ3) is 3.62. The van der Waals surface area contributed by atoms with E-state index in [9.17, 15) is 13.2 Å². The molecule has 0 radical (unpaired) electrons. The number of nitrogens with one attached hydrogen (secondary N) is 1. The Morgan fingerprint density at radius 1 is 1.33 bits per heavy atom. The summed E-state index contributed by atoms with van der Waals surface area (Å²) in [5, 5.41) is 2.84. The van der Waals surface area contributed by atoms with Gasteiger partial charge >= 0.3 is 0 Å². The van der Waals surface area contributed by atoms with Crippen molar-refractivity contribution in [1.29, 1.82) is 0 Å². The zero-order valence-electron chi connectivity index (χ0n) is 13.5. The van der Waals surface area contributed by atoms with Gasteiger partial charge in [0, 0.05) is 25.1 Å². The topological polar surface area (TPSA) is 79.6 Å². The average Bonchev–Trinajstić information content (AvgIpc) is 3.15. The van der Waals surface area contributed by atoms with Gasteiger partial charge in [-0.15, -0.1) is 0 Å². The van der Waals surface area contributed by atoms with Crippen LogP contribution in [0, 0.1) is 6.92 Å². The highest BCUT2D eigenvalue weighted by Gasteiger charge is 2.29. The highest BCUT2D eigenvalue weighted by molar-refractivity contribution is 7.93. The van der Waals surface area contributed by atoms with Gasteiger partial charge < -0.3 is 9.73 Å². The number of anilines is 2. The molecule has 1 aliphatic rings. The minimum Gasteiger partial charge on any atom is -0.469 e. The molecule has 1 saturated heterocycles. The van der Waals surface area contributed by atoms with Gasteiger partial charge in [0.05, 0.1) is 17.7 Å². The number of nitrogens with zero attached hydrogens (tertiary/aromatic N) is 1. The summed E-state index contributed by atoms with van der Waals surface area (Å²) in [7, 11) is -3.20. The molecule has 1 fully saturated rings. The third-order valence-electron chi connectivity index (χ3n) is 4.03. The number of hydrogen-bond acceptors (Lipinski definition) is 4. The van der Waals surface area contributed by atoms with Crippen LogP contribution in [0.4, 0.5) is 11.4 Å². The number of aryl methyl sites for hydroxylation is 2. The lowest BCUT2D eigenvalue weighted by molar-refractivity contribution is -0.116. The Morgan fingerprint density at radius 2 is 2.17 bits per heavy atom. The Balaban J connectivity index is 1.65. The van der Waals surface area contributed by atoms with Crippen LogP contribution in [0.2, 0.25) is 0 Å². The Kier molecular flexibility index (Phi) is 4.62. The summed E-state index contributed by atoms with van der Waals surface area (Å²) >= 11 is 0. The van der Waals surface area contributed by atoms with Gasteiger partial charge in [-0.3, -0.25) is 9.10 Å². The van der Waals surface area contributed by atoms with Gasteiger partial charge in [0.25, 0.3) is 0 Å². The first-order valence-corrected chi connectivity index (χ1v) is 9.50. The lowest BCUT2D eigenvalue weighted by atomic mass is 10.1. The summed E-state index contributed by atoms with van der Waals surface area (Å²) in [6.45, 7) is 2.36. The Hall–Kier alpha value is -2.28. The molecule has 0 unspecified atom stereocenters. The zero-order chi connectivity index (χ0) is 17.2. The summed E-state index contributed by atoms with van der Waals surface area (Å²) in [6.07, 6.45) is 3.10. The lowest BCUT2D eigenvalue weighted by Crippen LogP contribution is -2.25. The van der Waals surface area contributed by atoms with Gasteiger partial charge in [-0.25, -0.2) is 8.42 Å². The molecule has 0 atom stereocenters. The molecular weight excluding hydrogens is 328 g/mol. The van der Waals surface area contributed by atoms with E-state index in [0.29, 0.717) is 37.2 Å². The van der Waals surface area contributed by atoms with Crippen LogP contribution < -0.4 is 9.62 Å². The van der Waals surface area contributed by atoms with E-state index in [2.05, 4.69) is 5.32 Å². The first kappa shape index (κ1) is 16.6. The largest absolute Gasteiger partial charge is 0.469 e. The normalized spacial score (nSPS) is 16.3. The quantitative estimate of drug-likeness (QED) is 0.901. The van der Waals surface area contributed by atoms with Crippen LogP contribution in [-0.4, -0.2) is 26.6 Å². The molecule has 24 heavy (non-hydrogen) atoms. The SMILES string of the molecule is Cc1cc(NC(=O)CCc2ccco2)ccc1N1CCCS1(=O)=O. The lowest BCUT2D eigenvalue weighted by Gasteiger charge is -2.20. The fraction of sp³-hybridized carbons (Fsp3) is 0.353. The number of furan rings is 1. The van der Waals surface area contributed by atoms with Crippen LogP contribution in [0.25, 0.3) is 0 Å². The van der Waals surface area contributed by atoms with Crippen molar-refractivity contribution in [2.75, 3.05) is 21.9 Å². The van der Waals surface area contributed by atoms with E-state index in [-0.39, 0.29) is 11.7 Å². The predicted octanol–water partition coefficient (Wildman–Crippen LogP) is 2.70. The van der Waals surface area contributed by atoms with Crippen LogP contribution in [0.1, 0.15) is 24.2 Å². The highest BCUT2D eigenvalue weighted by Crippen LogP contribution is 2.29. The number of carbonyl (C=O) groups excluding carboxylic acids is 1. The third-order valence-corrected chi connectivity index (χ3v) is 5.88. The van der Waals surface area contributed by atoms with E-state index in [1.165, 1.54) is 4.31 Å². The monoisotopic (exact) mass is 348 g/mol. The van der Waals surface area contributed by atoms with E-state index < -0.39 is 10.0 Å². The average molecular weight is 348 g/mol. The van der Waals surface area contributed by atoms with Crippen LogP contribution >= 0.6 is 0 Å². The molecule has 1 N–H and O–H groups in total. The fourth-order valence-electron chi connectivity index (χ4n) is 2.84. The molecule has 0 aliphatic carbocycles. The standard InChI is InChI=1S/C17H20N2O4S/c1-13-12-14(18-17(20)8-6-15-4-2-10-23-15)5-7-16(13)19-9-3-11-24(19,21)22/h2,4-5,7,10,12H,3,6,8-9,11H2,1H3,(H,18,20). The molecule has 1 aromatic heterocycles. The molecule has 128 valence electrons. The molecule has 1 aromatic carbocycles. The summed E-state index contributed by atoms with van der Waals surface area (Å²) in [6, 6.07) is 8.92. The first-order chi connectivity index (χ1) is 11.5. The zero-order valence-corrected chi connectivity index (χ0v) is 14.3. The molecule has 2 aromatic rings. The number of benzene rings is 1. The Labute approximate surface area is 141 Å². The molecule has 6 nitrogen and oxygen atoms in total. The molecular formula is C17H20N2O4S. The van der Waals surface area contributed by atoms with Gasteiger partial charge in [-0.05, 0) is 49.2 Å². The van der Waals surface area contributed by atoms with Crippen molar-refractivity contribution in [3.63, 3.8) is 0 Å². The van der Waals surface area contributed by atoms with Crippen LogP contribution in [-0.2, 0) is 21.2 Å². The Bertz CT molecular complexity index is 828. The van der Waals surface area contributed by atoms with Crippen LogP contribution in [0.3, 0.4) is 0 Å². The van der Waals surface area contributed by atoms with Gasteiger partial charge in [-0.2, -0.15) is 0 Å². The van der Waals surface area contributed by atoms with E-state index in [0.717, 1.165) is 11.3 Å². The highest BCUT2D eigenvalue weighted by atomic mass is 32.2. The number of hydrogen-bond donors (Lipinski definition) is 1. The molecule has 2 heterocycles. The van der Waals surface area contributed by atoms with Crippen molar-refractivity contribution in [3.8, 4) is 0 Å². The molecule has 0 bridgehead atoms. The van der Waals surface area contributed by atoms with Crippen molar-refractivity contribution in [3.05, 3.63) is 47.9 Å². The second-order valence-electron chi connectivity index (χ2n) is 5.87. The maximum Gasteiger partial charge on any atom is 0.235 e. The fourth-order valence-corrected chi connectivity index (χ4v) is 4.46. The number of carbonyl (C=O) groups is 1. The first-order valence-electron chi connectivity index (χ1n) is 7.89. The van der Waals surface area contributed by atoms with Crippen LogP contribution in [0.5, 0.6) is 0 Å². The summed E-state index contributed by atoms with van der Waals surface area (Å²) in [5.74, 6) is 0.862.